The molecule has 0 radical (unpaired) electrons. The number of carbonyl (C=O) groups excluding carboxylic acids is 1. The van der Waals surface area contributed by atoms with Crippen LogP contribution in [-0.2, 0) is 16.6 Å². The maximum absolute atomic E-state index is 11.3. The molecule has 1 fully saturated rings. The molecule has 1 unspecified atom stereocenters. The molecule has 126 valence electrons. The van der Waals surface area contributed by atoms with E-state index < -0.39 is 6.16 Å². The van der Waals surface area contributed by atoms with E-state index in [0.717, 1.165) is 16.7 Å². The van der Waals surface area contributed by atoms with Crippen LogP contribution in [0.4, 0.5) is 4.79 Å². The molecule has 2 aliphatic rings. The van der Waals surface area contributed by atoms with Gasteiger partial charge in [0.1, 0.15) is 5.76 Å². The zero-order valence-corrected chi connectivity index (χ0v) is 13.6. The minimum atomic E-state index is -1.83. The minimum absolute atomic E-state index is 0.0803. The SMILES string of the molecule is Cn1nnnc1SCC(C)(C)C1=CN2C(=O)CC2O1.O=C(O)O. The third kappa shape index (κ3) is 3.92. The van der Waals surface area contributed by atoms with Crippen molar-refractivity contribution >= 4 is 23.8 Å². The Morgan fingerprint density at radius 2 is 2.17 bits per heavy atom. The molecule has 0 spiro atoms. The molecule has 1 saturated heterocycles. The molecule has 0 saturated carbocycles. The van der Waals surface area contributed by atoms with Crippen molar-refractivity contribution in [1.29, 1.82) is 0 Å². The van der Waals surface area contributed by atoms with Crippen molar-refractivity contribution < 1.29 is 24.5 Å². The molecular formula is C12H17N5O5S. The largest absolute Gasteiger partial charge is 0.503 e. The van der Waals surface area contributed by atoms with E-state index >= 15 is 0 Å². The molecular weight excluding hydrogens is 326 g/mol. The summed E-state index contributed by atoms with van der Waals surface area (Å²) in [5, 5.41) is 26.1. The summed E-state index contributed by atoms with van der Waals surface area (Å²) in [5.74, 6) is 1.76. The highest BCUT2D eigenvalue weighted by molar-refractivity contribution is 7.99. The molecule has 0 bridgehead atoms. The van der Waals surface area contributed by atoms with Crippen molar-refractivity contribution in [3.8, 4) is 0 Å². The highest BCUT2D eigenvalue weighted by atomic mass is 32.2. The van der Waals surface area contributed by atoms with Crippen molar-refractivity contribution in [2.75, 3.05) is 5.75 Å². The number of hydrogen-bond acceptors (Lipinski definition) is 7. The minimum Gasteiger partial charge on any atom is -0.472 e. The highest BCUT2D eigenvalue weighted by Crippen LogP contribution is 2.41. The third-order valence-electron chi connectivity index (χ3n) is 3.28. The first kappa shape index (κ1) is 17.1. The summed E-state index contributed by atoms with van der Waals surface area (Å²) in [4.78, 5) is 21.6. The Balaban J connectivity index is 0.000000433. The van der Waals surface area contributed by atoms with Crippen LogP contribution in [0.25, 0.3) is 0 Å². The van der Waals surface area contributed by atoms with E-state index in [1.807, 2.05) is 13.2 Å². The number of aromatic nitrogens is 4. The predicted octanol–water partition coefficient (Wildman–Crippen LogP) is 0.981. The molecule has 10 nitrogen and oxygen atoms in total. The second-order valence-electron chi connectivity index (χ2n) is 5.61. The van der Waals surface area contributed by atoms with Crippen LogP contribution < -0.4 is 0 Å². The number of fused-ring (bicyclic) bond motifs is 1. The number of nitrogens with zero attached hydrogens (tertiary/aromatic N) is 5. The molecule has 11 heteroatoms. The molecule has 1 amide bonds. The Hall–Kier alpha value is -2.30. The third-order valence-corrected chi connectivity index (χ3v) is 4.75. The van der Waals surface area contributed by atoms with Crippen LogP contribution in [0, 0.1) is 5.41 Å². The number of carboxylic acid groups (broad SMARTS) is 2. The Morgan fingerprint density at radius 1 is 1.52 bits per heavy atom. The number of rotatable bonds is 4. The van der Waals surface area contributed by atoms with Crippen molar-refractivity contribution in [2.24, 2.45) is 12.5 Å². The molecule has 0 aliphatic carbocycles. The fraction of sp³-hybridized carbons (Fsp3) is 0.583. The molecule has 23 heavy (non-hydrogen) atoms. The number of amides is 1. The van der Waals surface area contributed by atoms with Crippen LogP contribution in [0.5, 0.6) is 0 Å². The van der Waals surface area contributed by atoms with Crippen LogP contribution in [0.2, 0.25) is 0 Å². The second-order valence-corrected chi connectivity index (χ2v) is 6.55. The van der Waals surface area contributed by atoms with Crippen molar-refractivity contribution in [2.45, 2.75) is 31.7 Å². The Labute approximate surface area is 136 Å². The van der Waals surface area contributed by atoms with Gasteiger partial charge in [0.2, 0.25) is 11.1 Å². The molecule has 3 rings (SSSR count). The van der Waals surface area contributed by atoms with Crippen LogP contribution in [0.1, 0.15) is 20.3 Å². The second kappa shape index (κ2) is 6.44. The van der Waals surface area contributed by atoms with Crippen molar-refractivity contribution in [1.82, 2.24) is 25.1 Å². The van der Waals surface area contributed by atoms with E-state index in [4.69, 9.17) is 19.7 Å². The van der Waals surface area contributed by atoms with Gasteiger partial charge in [0, 0.05) is 24.4 Å². The van der Waals surface area contributed by atoms with Gasteiger partial charge in [-0.15, -0.1) is 5.10 Å². The van der Waals surface area contributed by atoms with Gasteiger partial charge < -0.3 is 14.9 Å². The molecule has 3 heterocycles. The number of aryl methyl sites for hydroxylation is 1. The van der Waals surface area contributed by atoms with Crippen molar-refractivity contribution in [3.05, 3.63) is 12.0 Å². The predicted molar refractivity (Wildman–Crippen MR) is 78.4 cm³/mol. The number of allylic oxidation sites excluding steroid dienone is 1. The summed E-state index contributed by atoms with van der Waals surface area (Å²) in [6.45, 7) is 4.18. The van der Waals surface area contributed by atoms with E-state index in [1.165, 1.54) is 0 Å². The van der Waals surface area contributed by atoms with Gasteiger partial charge in [-0.05, 0) is 10.4 Å². The van der Waals surface area contributed by atoms with Gasteiger partial charge in [0.15, 0.2) is 6.23 Å². The lowest BCUT2D eigenvalue weighted by molar-refractivity contribution is -0.154. The first-order valence-electron chi connectivity index (χ1n) is 6.68. The van der Waals surface area contributed by atoms with E-state index in [9.17, 15) is 4.79 Å². The Kier molecular flexibility index (Phi) is 4.78. The quantitative estimate of drug-likeness (QED) is 0.606. The molecule has 1 aromatic heterocycles. The summed E-state index contributed by atoms with van der Waals surface area (Å²) in [6, 6.07) is 0. The van der Waals surface area contributed by atoms with E-state index in [2.05, 4.69) is 29.4 Å². The topological polar surface area (TPSA) is 131 Å². The van der Waals surface area contributed by atoms with Gasteiger partial charge in [0.05, 0.1) is 6.42 Å². The summed E-state index contributed by atoms with van der Waals surface area (Å²) >= 11 is 1.57. The highest BCUT2D eigenvalue weighted by Gasteiger charge is 2.45. The average Bonchev–Trinajstić information content (AvgIpc) is 2.99. The average molecular weight is 343 g/mol. The van der Waals surface area contributed by atoms with Gasteiger partial charge in [-0.25, -0.2) is 9.48 Å². The number of carbonyl (C=O) groups is 2. The maximum atomic E-state index is 11.3. The number of ether oxygens (including phenoxy) is 1. The number of tetrazole rings is 1. The van der Waals surface area contributed by atoms with Gasteiger partial charge >= 0.3 is 6.16 Å². The van der Waals surface area contributed by atoms with Crippen LogP contribution in [0.3, 0.4) is 0 Å². The van der Waals surface area contributed by atoms with Gasteiger partial charge in [0.25, 0.3) is 0 Å². The van der Waals surface area contributed by atoms with Gasteiger partial charge in [-0.2, -0.15) is 0 Å². The molecule has 1 aromatic rings. The lowest BCUT2D eigenvalue weighted by Gasteiger charge is -2.32. The number of thioether (sulfide) groups is 1. The van der Waals surface area contributed by atoms with E-state index in [-0.39, 0.29) is 17.6 Å². The first-order chi connectivity index (χ1) is 10.7. The van der Waals surface area contributed by atoms with Crippen LogP contribution >= 0.6 is 11.8 Å². The smallest absolute Gasteiger partial charge is 0.472 e. The fourth-order valence-corrected chi connectivity index (χ4v) is 2.90. The number of β-lactam (4-membered cyclic amide) rings is 1. The lowest BCUT2D eigenvalue weighted by Crippen LogP contribution is -2.47. The maximum Gasteiger partial charge on any atom is 0.503 e. The molecule has 2 N–H and O–H groups in total. The van der Waals surface area contributed by atoms with E-state index in [1.54, 1.807) is 21.3 Å². The summed E-state index contributed by atoms with van der Waals surface area (Å²) in [6.07, 6.45) is 0.394. The van der Waals surface area contributed by atoms with Crippen LogP contribution in [0.15, 0.2) is 17.1 Å². The number of hydrogen-bond donors (Lipinski definition) is 2. The summed E-state index contributed by atoms with van der Waals surface area (Å²) in [5.41, 5.74) is -0.172. The van der Waals surface area contributed by atoms with E-state index in [0.29, 0.717) is 6.42 Å². The fourth-order valence-electron chi connectivity index (χ4n) is 1.95. The molecule has 0 aromatic carbocycles. The van der Waals surface area contributed by atoms with Crippen molar-refractivity contribution in [3.63, 3.8) is 0 Å². The van der Waals surface area contributed by atoms with Crippen LogP contribution in [-0.4, -0.2) is 59.4 Å². The lowest BCUT2D eigenvalue weighted by atomic mass is 9.94. The first-order valence-corrected chi connectivity index (χ1v) is 7.66. The Morgan fingerprint density at radius 3 is 2.65 bits per heavy atom. The zero-order valence-electron chi connectivity index (χ0n) is 12.8. The normalized spacial score (nSPS) is 19.1. The Bertz CT molecular complexity index is 640. The monoisotopic (exact) mass is 343 g/mol. The molecule has 1 atom stereocenters. The standard InChI is InChI=1S/C11H15N5O2S.CH2O3/c1-11(2,6-19-10-12-13-14-15(10)3)7-5-16-8(17)4-9(16)18-7;2-1(3)4/h5,9H,4,6H2,1-3H3;(H2,2,3,4). The molecule has 2 aliphatic heterocycles. The van der Waals surface area contributed by atoms with Gasteiger partial charge in [-0.3, -0.25) is 9.69 Å². The summed E-state index contributed by atoms with van der Waals surface area (Å²) in [7, 11) is 1.81. The zero-order chi connectivity index (χ0) is 17.2. The summed E-state index contributed by atoms with van der Waals surface area (Å²) < 4.78 is 7.43. The van der Waals surface area contributed by atoms with Gasteiger partial charge in [-0.1, -0.05) is 25.6 Å².